The van der Waals surface area contributed by atoms with Crippen molar-refractivity contribution in [3.8, 4) is 10.6 Å². The van der Waals surface area contributed by atoms with Gasteiger partial charge in [-0.3, -0.25) is 9.48 Å². The number of carbonyl (C=O) groups excluding carboxylic acids is 1. The lowest BCUT2D eigenvalue weighted by atomic mass is 9.88. The van der Waals surface area contributed by atoms with Crippen LogP contribution in [0.1, 0.15) is 34.3 Å². The lowest BCUT2D eigenvalue weighted by Gasteiger charge is -2.18. The topological polar surface area (TPSA) is 59.8 Å². The molecule has 0 fully saturated rings. The maximum absolute atomic E-state index is 12.8. The number of para-hydroxylation sites is 1. The molecule has 1 atom stereocenters. The molecule has 1 N–H and O–H groups in total. The second kappa shape index (κ2) is 6.83. The highest BCUT2D eigenvalue weighted by molar-refractivity contribution is 7.23. The second-order valence-corrected chi connectivity index (χ2v) is 9.47. The highest BCUT2D eigenvalue weighted by Crippen LogP contribution is 2.47. The van der Waals surface area contributed by atoms with Crippen molar-refractivity contribution in [3.05, 3.63) is 52.7 Å². The number of thiazole rings is 1. The van der Waals surface area contributed by atoms with Gasteiger partial charge in [0.1, 0.15) is 15.7 Å². The Labute approximate surface area is 171 Å². The van der Waals surface area contributed by atoms with Gasteiger partial charge in [0, 0.05) is 23.7 Å². The molecule has 1 aromatic carbocycles. The Morgan fingerprint density at radius 2 is 2.11 bits per heavy atom. The smallest absolute Gasteiger partial charge is 0.274 e. The van der Waals surface area contributed by atoms with Gasteiger partial charge in [0.15, 0.2) is 0 Å². The van der Waals surface area contributed by atoms with Crippen LogP contribution in [0.3, 0.4) is 0 Å². The third-order valence-electron chi connectivity index (χ3n) is 5.30. The fourth-order valence-electron chi connectivity index (χ4n) is 3.81. The van der Waals surface area contributed by atoms with E-state index in [9.17, 15) is 4.79 Å². The molecule has 7 heteroatoms. The Morgan fingerprint density at radius 1 is 1.25 bits per heavy atom. The summed E-state index contributed by atoms with van der Waals surface area (Å²) in [6, 6.07) is 9.94. The number of nitrogens with zero attached hydrogens (tertiary/aromatic N) is 3. The van der Waals surface area contributed by atoms with Crippen LogP contribution in [0.15, 0.2) is 36.5 Å². The van der Waals surface area contributed by atoms with E-state index >= 15 is 0 Å². The molecular formula is C21H20N4OS2. The van der Waals surface area contributed by atoms with Crippen molar-refractivity contribution in [1.29, 1.82) is 0 Å². The zero-order valence-corrected chi connectivity index (χ0v) is 17.4. The van der Waals surface area contributed by atoms with Gasteiger partial charge in [-0.25, -0.2) is 4.98 Å². The average Bonchev–Trinajstić information content (AvgIpc) is 3.36. The number of hydrogen-bond acceptors (Lipinski definition) is 5. The number of fused-ring (bicyclic) bond motifs is 2. The SMILES string of the molecule is CC1CCc2c(sc(NC(=O)c3ccnn3C)c2-c2nc3ccccc3s2)C1. The molecule has 1 amide bonds. The quantitative estimate of drug-likeness (QED) is 0.511. The molecule has 0 saturated heterocycles. The zero-order chi connectivity index (χ0) is 19.3. The maximum atomic E-state index is 12.8. The fraction of sp³-hybridized carbons (Fsp3) is 0.286. The van der Waals surface area contributed by atoms with E-state index in [4.69, 9.17) is 4.98 Å². The number of amides is 1. The summed E-state index contributed by atoms with van der Waals surface area (Å²) >= 11 is 3.40. The Hall–Kier alpha value is -2.51. The van der Waals surface area contributed by atoms with Gasteiger partial charge in [-0.05, 0) is 48.9 Å². The minimum absolute atomic E-state index is 0.131. The molecule has 3 aromatic heterocycles. The summed E-state index contributed by atoms with van der Waals surface area (Å²) in [5.41, 5.74) is 4.04. The van der Waals surface area contributed by atoms with Crippen molar-refractivity contribution in [2.24, 2.45) is 13.0 Å². The van der Waals surface area contributed by atoms with Crippen LogP contribution in [0.5, 0.6) is 0 Å². The number of hydrogen-bond donors (Lipinski definition) is 1. The first-order chi connectivity index (χ1) is 13.6. The standard InChI is InChI=1S/C21H20N4OS2/c1-12-7-8-13-17(11-12)28-21(24-19(26)15-9-10-22-25(15)2)18(13)20-23-14-5-3-4-6-16(14)27-20/h3-6,9-10,12H,7-8,11H2,1-2H3,(H,24,26). The molecule has 1 aliphatic carbocycles. The number of benzene rings is 1. The van der Waals surface area contributed by atoms with Crippen LogP contribution in [0.4, 0.5) is 5.00 Å². The number of aromatic nitrogens is 3. The minimum atomic E-state index is -0.131. The summed E-state index contributed by atoms with van der Waals surface area (Å²) in [6.07, 6.45) is 4.93. The second-order valence-electron chi connectivity index (χ2n) is 7.34. The predicted molar refractivity (Wildman–Crippen MR) is 115 cm³/mol. The van der Waals surface area contributed by atoms with Crippen LogP contribution < -0.4 is 5.32 Å². The first-order valence-corrected chi connectivity index (χ1v) is 11.0. The Kier molecular flexibility index (Phi) is 4.29. The third kappa shape index (κ3) is 2.95. The van der Waals surface area contributed by atoms with E-state index in [-0.39, 0.29) is 5.91 Å². The van der Waals surface area contributed by atoms with Crippen molar-refractivity contribution in [1.82, 2.24) is 14.8 Å². The van der Waals surface area contributed by atoms with E-state index in [2.05, 4.69) is 23.4 Å². The Bertz CT molecular complexity index is 1150. The van der Waals surface area contributed by atoms with Crippen molar-refractivity contribution in [3.63, 3.8) is 0 Å². The lowest BCUT2D eigenvalue weighted by molar-refractivity contribution is 0.101. The van der Waals surface area contributed by atoms with E-state index in [0.717, 1.165) is 33.9 Å². The van der Waals surface area contributed by atoms with Crippen molar-refractivity contribution in [2.75, 3.05) is 5.32 Å². The molecule has 4 aromatic rings. The Balaban J connectivity index is 1.62. The fourth-order valence-corrected chi connectivity index (χ4v) is 6.32. The van der Waals surface area contributed by atoms with Gasteiger partial charge in [-0.2, -0.15) is 5.10 Å². The first kappa shape index (κ1) is 17.6. The molecule has 5 rings (SSSR count). The monoisotopic (exact) mass is 408 g/mol. The molecule has 5 nitrogen and oxygen atoms in total. The van der Waals surface area contributed by atoms with Crippen molar-refractivity contribution in [2.45, 2.75) is 26.2 Å². The van der Waals surface area contributed by atoms with Crippen LogP contribution in [0.2, 0.25) is 0 Å². The highest BCUT2D eigenvalue weighted by atomic mass is 32.1. The van der Waals surface area contributed by atoms with Crippen LogP contribution in [-0.2, 0) is 19.9 Å². The van der Waals surface area contributed by atoms with E-state index in [1.807, 2.05) is 18.2 Å². The molecule has 28 heavy (non-hydrogen) atoms. The van der Waals surface area contributed by atoms with Crippen molar-refractivity contribution < 1.29 is 4.79 Å². The average molecular weight is 409 g/mol. The van der Waals surface area contributed by atoms with Gasteiger partial charge in [0.2, 0.25) is 0 Å². The van der Waals surface area contributed by atoms with Crippen LogP contribution >= 0.6 is 22.7 Å². The minimum Gasteiger partial charge on any atom is -0.312 e. The summed E-state index contributed by atoms with van der Waals surface area (Å²) in [5.74, 6) is 0.545. The Morgan fingerprint density at radius 3 is 2.89 bits per heavy atom. The molecule has 142 valence electrons. The molecule has 3 heterocycles. The van der Waals surface area contributed by atoms with E-state index in [0.29, 0.717) is 11.6 Å². The molecule has 1 aliphatic rings. The summed E-state index contributed by atoms with van der Waals surface area (Å²) in [6.45, 7) is 2.30. The van der Waals surface area contributed by atoms with Gasteiger partial charge in [0.25, 0.3) is 5.91 Å². The van der Waals surface area contributed by atoms with Gasteiger partial charge in [-0.15, -0.1) is 22.7 Å². The van der Waals surface area contributed by atoms with Crippen LogP contribution in [0.25, 0.3) is 20.8 Å². The largest absolute Gasteiger partial charge is 0.312 e. The van der Waals surface area contributed by atoms with E-state index in [1.54, 1.807) is 46.7 Å². The van der Waals surface area contributed by atoms with Gasteiger partial charge < -0.3 is 5.32 Å². The van der Waals surface area contributed by atoms with E-state index in [1.165, 1.54) is 21.6 Å². The molecule has 0 spiro atoms. The normalized spacial score (nSPS) is 16.3. The number of aryl methyl sites for hydroxylation is 1. The molecule has 0 saturated carbocycles. The number of rotatable bonds is 3. The molecule has 1 unspecified atom stereocenters. The van der Waals surface area contributed by atoms with Gasteiger partial charge in [-0.1, -0.05) is 19.1 Å². The maximum Gasteiger partial charge on any atom is 0.274 e. The summed E-state index contributed by atoms with van der Waals surface area (Å²) in [4.78, 5) is 19.1. The lowest BCUT2D eigenvalue weighted by Crippen LogP contribution is -2.15. The predicted octanol–water partition coefficient (Wildman–Crippen LogP) is 5.14. The van der Waals surface area contributed by atoms with Crippen molar-refractivity contribution >= 4 is 43.8 Å². The first-order valence-electron chi connectivity index (χ1n) is 9.40. The van der Waals surface area contributed by atoms with Crippen LogP contribution in [0, 0.1) is 5.92 Å². The van der Waals surface area contributed by atoms with Gasteiger partial charge in [0.05, 0.1) is 10.2 Å². The molecule has 0 radical (unpaired) electrons. The molecule has 0 bridgehead atoms. The highest BCUT2D eigenvalue weighted by Gasteiger charge is 2.27. The number of anilines is 1. The van der Waals surface area contributed by atoms with Crippen LogP contribution in [-0.4, -0.2) is 20.7 Å². The van der Waals surface area contributed by atoms with E-state index < -0.39 is 0 Å². The molecule has 0 aliphatic heterocycles. The molecular weight excluding hydrogens is 388 g/mol. The number of nitrogens with one attached hydrogen (secondary N) is 1. The summed E-state index contributed by atoms with van der Waals surface area (Å²) in [7, 11) is 1.78. The third-order valence-corrected chi connectivity index (χ3v) is 7.52. The number of carbonyl (C=O) groups is 1. The zero-order valence-electron chi connectivity index (χ0n) is 15.7. The summed E-state index contributed by atoms with van der Waals surface area (Å²) in [5, 5.41) is 9.17. The van der Waals surface area contributed by atoms with Gasteiger partial charge >= 0.3 is 0 Å². The summed E-state index contributed by atoms with van der Waals surface area (Å²) < 4.78 is 2.77. The number of thiophene rings is 1.